The minimum atomic E-state index is -0.471. The van der Waals surface area contributed by atoms with Gasteiger partial charge in [0.25, 0.3) is 5.91 Å². The average molecular weight is 271 g/mol. The van der Waals surface area contributed by atoms with Crippen molar-refractivity contribution in [1.82, 2.24) is 0 Å². The van der Waals surface area contributed by atoms with Gasteiger partial charge in [0, 0.05) is 12.2 Å². The van der Waals surface area contributed by atoms with E-state index < -0.39 is 5.82 Å². The van der Waals surface area contributed by atoms with Crippen LogP contribution in [-0.2, 0) is 0 Å². The van der Waals surface area contributed by atoms with E-state index in [1.165, 1.54) is 6.07 Å². The van der Waals surface area contributed by atoms with E-state index in [4.69, 9.17) is 0 Å². The number of hydrogen-bond acceptors (Lipinski definition) is 1. The predicted octanol–water partition coefficient (Wildman–Crippen LogP) is 4.11. The second-order valence-corrected chi connectivity index (χ2v) is 4.87. The van der Waals surface area contributed by atoms with Crippen LogP contribution in [0.4, 0.5) is 10.1 Å². The van der Waals surface area contributed by atoms with Crippen molar-refractivity contribution in [3.63, 3.8) is 0 Å². The summed E-state index contributed by atoms with van der Waals surface area (Å²) in [6, 6.07) is 12.3. The van der Waals surface area contributed by atoms with Gasteiger partial charge in [-0.2, -0.15) is 0 Å². The smallest absolute Gasteiger partial charge is 0.261 e. The van der Waals surface area contributed by atoms with Crippen molar-refractivity contribution in [1.29, 1.82) is 0 Å². The molecule has 0 radical (unpaired) electrons. The second-order valence-electron chi connectivity index (χ2n) is 4.87. The van der Waals surface area contributed by atoms with E-state index in [1.807, 2.05) is 38.1 Å². The number of carbonyl (C=O) groups excluding carboxylic acids is 1. The highest BCUT2D eigenvalue weighted by Gasteiger charge is 2.19. The van der Waals surface area contributed by atoms with Gasteiger partial charge < -0.3 is 4.90 Å². The number of hydrogen-bond donors (Lipinski definition) is 0. The molecule has 2 nitrogen and oxygen atoms in total. The Hall–Kier alpha value is -2.16. The highest BCUT2D eigenvalue weighted by Crippen LogP contribution is 2.20. The molecule has 0 bridgehead atoms. The molecule has 3 heteroatoms. The molecule has 0 saturated carbocycles. The Morgan fingerprint density at radius 1 is 1.10 bits per heavy atom. The first-order valence-corrected chi connectivity index (χ1v) is 6.67. The van der Waals surface area contributed by atoms with Crippen LogP contribution in [0.1, 0.15) is 28.4 Å². The lowest BCUT2D eigenvalue weighted by Gasteiger charge is -2.22. The summed E-state index contributed by atoms with van der Waals surface area (Å²) in [5.41, 5.74) is 2.77. The summed E-state index contributed by atoms with van der Waals surface area (Å²) in [6.45, 7) is 6.14. The van der Waals surface area contributed by atoms with E-state index >= 15 is 0 Å². The first kappa shape index (κ1) is 14.3. The van der Waals surface area contributed by atoms with Crippen molar-refractivity contribution in [2.24, 2.45) is 0 Å². The number of halogens is 1. The Balaban J connectivity index is 2.39. The van der Waals surface area contributed by atoms with E-state index in [1.54, 1.807) is 24.0 Å². The molecule has 0 N–H and O–H groups in total. The summed E-state index contributed by atoms with van der Waals surface area (Å²) in [7, 11) is 0. The molecule has 104 valence electrons. The van der Waals surface area contributed by atoms with Gasteiger partial charge in [0.1, 0.15) is 5.82 Å². The lowest BCUT2D eigenvalue weighted by atomic mass is 10.1. The largest absolute Gasteiger partial charge is 0.309 e. The van der Waals surface area contributed by atoms with Gasteiger partial charge in [-0.05, 0) is 56.2 Å². The molecule has 0 heterocycles. The second kappa shape index (κ2) is 5.87. The molecule has 0 saturated heterocycles. The van der Waals surface area contributed by atoms with Crippen LogP contribution in [0, 0.1) is 19.7 Å². The topological polar surface area (TPSA) is 20.3 Å². The van der Waals surface area contributed by atoms with Gasteiger partial charge in [-0.1, -0.05) is 18.2 Å². The number of benzene rings is 2. The van der Waals surface area contributed by atoms with Gasteiger partial charge in [-0.25, -0.2) is 4.39 Å². The van der Waals surface area contributed by atoms with Crippen LogP contribution >= 0.6 is 0 Å². The molecule has 2 aromatic rings. The van der Waals surface area contributed by atoms with Gasteiger partial charge in [0.15, 0.2) is 0 Å². The Kier molecular flexibility index (Phi) is 4.18. The van der Waals surface area contributed by atoms with E-state index in [0.29, 0.717) is 6.54 Å². The zero-order chi connectivity index (χ0) is 14.7. The standard InChI is InChI=1S/C17H18FNO/c1-4-19(14-7-5-6-12(2)10-14)17(20)15-9-8-13(3)11-16(15)18/h5-11H,4H2,1-3H3. The molecular weight excluding hydrogens is 253 g/mol. The molecule has 2 rings (SSSR count). The van der Waals surface area contributed by atoms with Crippen LogP contribution in [0.2, 0.25) is 0 Å². The lowest BCUT2D eigenvalue weighted by Crippen LogP contribution is -2.31. The minimum Gasteiger partial charge on any atom is -0.309 e. The summed E-state index contributed by atoms with van der Waals surface area (Å²) >= 11 is 0. The molecule has 0 atom stereocenters. The molecule has 0 spiro atoms. The maximum atomic E-state index is 13.9. The van der Waals surface area contributed by atoms with E-state index in [9.17, 15) is 9.18 Å². The Morgan fingerprint density at radius 2 is 1.80 bits per heavy atom. The van der Waals surface area contributed by atoms with E-state index in [2.05, 4.69) is 0 Å². The van der Waals surface area contributed by atoms with Gasteiger partial charge >= 0.3 is 0 Å². The minimum absolute atomic E-state index is 0.110. The zero-order valence-corrected chi connectivity index (χ0v) is 12.0. The van der Waals surface area contributed by atoms with Gasteiger partial charge in [0.05, 0.1) is 5.56 Å². The molecule has 0 fully saturated rings. The lowest BCUT2D eigenvalue weighted by molar-refractivity contribution is 0.0984. The molecular formula is C17H18FNO. The highest BCUT2D eigenvalue weighted by atomic mass is 19.1. The molecule has 1 amide bonds. The molecule has 0 aromatic heterocycles. The number of nitrogens with zero attached hydrogens (tertiary/aromatic N) is 1. The SMILES string of the molecule is CCN(C(=O)c1ccc(C)cc1F)c1cccc(C)c1. The number of rotatable bonds is 3. The molecule has 0 aliphatic carbocycles. The van der Waals surface area contributed by atoms with Gasteiger partial charge in [-0.15, -0.1) is 0 Å². The summed E-state index contributed by atoms with van der Waals surface area (Å²) in [6.07, 6.45) is 0. The van der Waals surface area contributed by atoms with Crippen LogP contribution in [0.5, 0.6) is 0 Å². The first-order valence-electron chi connectivity index (χ1n) is 6.67. The summed E-state index contributed by atoms with van der Waals surface area (Å²) in [5, 5.41) is 0. The maximum Gasteiger partial charge on any atom is 0.261 e. The Labute approximate surface area is 118 Å². The van der Waals surface area contributed by atoms with E-state index in [-0.39, 0.29) is 11.5 Å². The van der Waals surface area contributed by atoms with Crippen LogP contribution in [0.15, 0.2) is 42.5 Å². The number of anilines is 1. The molecule has 0 unspecified atom stereocenters. The fourth-order valence-corrected chi connectivity index (χ4v) is 2.18. The van der Waals surface area contributed by atoms with Crippen molar-refractivity contribution >= 4 is 11.6 Å². The van der Waals surface area contributed by atoms with Crippen LogP contribution in [0.25, 0.3) is 0 Å². The normalized spacial score (nSPS) is 10.4. The van der Waals surface area contributed by atoms with Crippen molar-refractivity contribution in [2.45, 2.75) is 20.8 Å². The quantitative estimate of drug-likeness (QED) is 0.822. The summed E-state index contributed by atoms with van der Waals surface area (Å²) in [5.74, 6) is -0.781. The van der Waals surface area contributed by atoms with Crippen LogP contribution < -0.4 is 4.90 Å². The number of aryl methyl sites for hydroxylation is 2. The Morgan fingerprint density at radius 3 is 2.40 bits per heavy atom. The van der Waals surface area contributed by atoms with Crippen LogP contribution in [0.3, 0.4) is 0 Å². The van der Waals surface area contributed by atoms with Crippen molar-refractivity contribution < 1.29 is 9.18 Å². The van der Waals surface area contributed by atoms with E-state index in [0.717, 1.165) is 16.8 Å². The number of amides is 1. The zero-order valence-electron chi connectivity index (χ0n) is 12.0. The Bertz CT molecular complexity index is 637. The number of carbonyl (C=O) groups is 1. The van der Waals surface area contributed by atoms with Crippen molar-refractivity contribution in [2.75, 3.05) is 11.4 Å². The van der Waals surface area contributed by atoms with Gasteiger partial charge in [-0.3, -0.25) is 4.79 Å². The highest BCUT2D eigenvalue weighted by molar-refractivity contribution is 6.06. The first-order chi connectivity index (χ1) is 9.52. The molecule has 20 heavy (non-hydrogen) atoms. The fraction of sp³-hybridized carbons (Fsp3) is 0.235. The average Bonchev–Trinajstić information content (AvgIpc) is 2.39. The third-order valence-electron chi connectivity index (χ3n) is 3.23. The molecule has 0 aliphatic rings. The third-order valence-corrected chi connectivity index (χ3v) is 3.23. The predicted molar refractivity (Wildman–Crippen MR) is 79.7 cm³/mol. The molecule has 2 aromatic carbocycles. The van der Waals surface area contributed by atoms with Crippen LogP contribution in [-0.4, -0.2) is 12.5 Å². The van der Waals surface area contributed by atoms with Gasteiger partial charge in [0.2, 0.25) is 0 Å². The summed E-state index contributed by atoms with van der Waals surface area (Å²) < 4.78 is 13.9. The molecule has 0 aliphatic heterocycles. The van der Waals surface area contributed by atoms with Crippen molar-refractivity contribution in [3.8, 4) is 0 Å². The summed E-state index contributed by atoms with van der Waals surface area (Å²) in [4.78, 5) is 14.1. The monoisotopic (exact) mass is 271 g/mol. The third kappa shape index (κ3) is 2.87. The fourth-order valence-electron chi connectivity index (χ4n) is 2.18. The van der Waals surface area contributed by atoms with Crippen molar-refractivity contribution in [3.05, 3.63) is 65.0 Å². The maximum absolute atomic E-state index is 13.9.